The van der Waals surface area contributed by atoms with Crippen LogP contribution < -0.4 is 10.1 Å². The molecule has 0 saturated heterocycles. The average molecular weight is 357 g/mol. The van der Waals surface area contributed by atoms with Gasteiger partial charge in [0.25, 0.3) is 0 Å². The highest BCUT2D eigenvalue weighted by Gasteiger charge is 2.24. The molecule has 136 valence electrons. The fourth-order valence-electron chi connectivity index (χ4n) is 3.73. The van der Waals surface area contributed by atoms with Crippen LogP contribution in [-0.4, -0.2) is 12.5 Å². The lowest BCUT2D eigenvalue weighted by atomic mass is 9.88. The molecule has 1 N–H and O–H groups in total. The zero-order valence-electron chi connectivity index (χ0n) is 15.2. The van der Waals surface area contributed by atoms with Gasteiger partial charge >= 0.3 is 0 Å². The lowest BCUT2D eigenvalue weighted by molar-refractivity contribution is -0.122. The lowest BCUT2D eigenvalue weighted by Gasteiger charge is -2.27. The second-order valence-corrected chi connectivity index (χ2v) is 6.87. The Morgan fingerprint density at radius 2 is 1.48 bits per heavy atom. The van der Waals surface area contributed by atoms with E-state index in [1.54, 1.807) is 0 Å². The van der Waals surface area contributed by atoms with Crippen LogP contribution in [0.25, 0.3) is 0 Å². The highest BCUT2D eigenvalue weighted by atomic mass is 16.5. The van der Waals surface area contributed by atoms with E-state index in [2.05, 4.69) is 29.6 Å². The fraction of sp³-hybridized carbons (Fsp3) is 0.208. The standard InChI is InChI=1S/C24H23NO2/c26-24(25-22-15-16-27-23-14-8-7-13-20(22)23)17-21(18-9-3-1-4-10-18)19-11-5-2-6-12-19/h1-14,21-22H,15-17H2,(H,25,26). The molecule has 0 fully saturated rings. The summed E-state index contributed by atoms with van der Waals surface area (Å²) in [7, 11) is 0. The van der Waals surface area contributed by atoms with E-state index in [0.29, 0.717) is 13.0 Å². The van der Waals surface area contributed by atoms with Crippen LogP contribution in [0, 0.1) is 0 Å². The Bertz CT molecular complexity index is 853. The number of carbonyl (C=O) groups excluding carboxylic acids is 1. The average Bonchev–Trinajstić information content (AvgIpc) is 2.73. The number of hydrogen-bond donors (Lipinski definition) is 1. The molecule has 1 atom stereocenters. The van der Waals surface area contributed by atoms with E-state index in [9.17, 15) is 4.79 Å². The van der Waals surface area contributed by atoms with Crippen LogP contribution in [0.3, 0.4) is 0 Å². The van der Waals surface area contributed by atoms with Crippen molar-refractivity contribution in [3.63, 3.8) is 0 Å². The van der Waals surface area contributed by atoms with Crippen molar-refractivity contribution in [2.45, 2.75) is 24.8 Å². The summed E-state index contributed by atoms with van der Waals surface area (Å²) < 4.78 is 5.70. The minimum atomic E-state index is 0.00893. The molecule has 3 aromatic carbocycles. The molecule has 0 spiro atoms. The van der Waals surface area contributed by atoms with Gasteiger partial charge in [-0.25, -0.2) is 0 Å². The zero-order chi connectivity index (χ0) is 18.5. The Morgan fingerprint density at radius 3 is 2.15 bits per heavy atom. The largest absolute Gasteiger partial charge is 0.493 e. The molecule has 0 radical (unpaired) electrons. The highest BCUT2D eigenvalue weighted by molar-refractivity contribution is 5.78. The van der Waals surface area contributed by atoms with Crippen LogP contribution in [0.15, 0.2) is 84.9 Å². The maximum Gasteiger partial charge on any atom is 0.221 e. The van der Waals surface area contributed by atoms with E-state index in [1.165, 1.54) is 0 Å². The molecule has 3 nitrogen and oxygen atoms in total. The van der Waals surface area contributed by atoms with E-state index in [-0.39, 0.29) is 17.9 Å². The van der Waals surface area contributed by atoms with Gasteiger partial charge in [0.2, 0.25) is 5.91 Å². The second-order valence-electron chi connectivity index (χ2n) is 6.87. The summed E-state index contributed by atoms with van der Waals surface area (Å²) in [5.74, 6) is 0.980. The van der Waals surface area contributed by atoms with Gasteiger partial charge in [-0.3, -0.25) is 4.79 Å². The molecule has 3 aromatic rings. The fourth-order valence-corrected chi connectivity index (χ4v) is 3.73. The number of amides is 1. The van der Waals surface area contributed by atoms with E-state index in [4.69, 9.17) is 4.74 Å². The summed E-state index contributed by atoms with van der Waals surface area (Å²) in [6.45, 7) is 0.628. The van der Waals surface area contributed by atoms with Crippen LogP contribution in [-0.2, 0) is 4.79 Å². The molecule has 0 aromatic heterocycles. The van der Waals surface area contributed by atoms with Crippen molar-refractivity contribution in [2.75, 3.05) is 6.61 Å². The highest BCUT2D eigenvalue weighted by Crippen LogP contribution is 2.33. The Hall–Kier alpha value is -3.07. The van der Waals surface area contributed by atoms with Gasteiger partial charge in [0.05, 0.1) is 12.6 Å². The van der Waals surface area contributed by atoms with Crippen molar-refractivity contribution in [3.05, 3.63) is 102 Å². The van der Waals surface area contributed by atoms with Crippen molar-refractivity contribution >= 4 is 5.91 Å². The Balaban J connectivity index is 1.53. The smallest absolute Gasteiger partial charge is 0.221 e. The topological polar surface area (TPSA) is 38.3 Å². The Labute approximate surface area is 160 Å². The predicted octanol–water partition coefficient (Wildman–Crippen LogP) is 4.85. The quantitative estimate of drug-likeness (QED) is 0.709. The van der Waals surface area contributed by atoms with Gasteiger partial charge in [0, 0.05) is 24.3 Å². The second kappa shape index (κ2) is 8.09. The number of nitrogens with one attached hydrogen (secondary N) is 1. The number of para-hydroxylation sites is 1. The molecule has 1 aliphatic rings. The van der Waals surface area contributed by atoms with Crippen molar-refractivity contribution < 1.29 is 9.53 Å². The third kappa shape index (κ3) is 4.03. The molecule has 0 saturated carbocycles. The molecule has 1 amide bonds. The van der Waals surface area contributed by atoms with E-state index < -0.39 is 0 Å². The maximum absolute atomic E-state index is 12.9. The van der Waals surface area contributed by atoms with Gasteiger partial charge in [0.1, 0.15) is 5.75 Å². The van der Waals surface area contributed by atoms with Crippen molar-refractivity contribution in [1.82, 2.24) is 5.32 Å². The number of ether oxygens (including phenoxy) is 1. The summed E-state index contributed by atoms with van der Waals surface area (Å²) in [6, 6.07) is 28.4. The molecule has 0 bridgehead atoms. The third-order valence-corrected chi connectivity index (χ3v) is 5.09. The molecule has 3 heteroatoms. The molecular formula is C24H23NO2. The molecule has 1 aliphatic heterocycles. The number of hydrogen-bond acceptors (Lipinski definition) is 2. The van der Waals surface area contributed by atoms with Crippen molar-refractivity contribution in [2.24, 2.45) is 0 Å². The first-order valence-corrected chi connectivity index (χ1v) is 9.42. The van der Waals surface area contributed by atoms with Crippen LogP contribution in [0.5, 0.6) is 5.75 Å². The first-order chi connectivity index (χ1) is 13.3. The van der Waals surface area contributed by atoms with Gasteiger partial charge in [-0.1, -0.05) is 78.9 Å². The molecular weight excluding hydrogens is 334 g/mol. The van der Waals surface area contributed by atoms with Gasteiger partial charge in [-0.2, -0.15) is 0 Å². The van der Waals surface area contributed by atoms with Crippen LogP contribution in [0.1, 0.15) is 41.5 Å². The van der Waals surface area contributed by atoms with Crippen molar-refractivity contribution in [3.8, 4) is 5.75 Å². The molecule has 1 unspecified atom stereocenters. The van der Waals surface area contributed by atoms with Gasteiger partial charge in [-0.15, -0.1) is 0 Å². The monoisotopic (exact) mass is 357 g/mol. The summed E-state index contributed by atoms with van der Waals surface area (Å²) in [5.41, 5.74) is 3.38. The SMILES string of the molecule is O=C(CC(c1ccccc1)c1ccccc1)NC1CCOc2ccccc21. The minimum Gasteiger partial charge on any atom is -0.493 e. The summed E-state index contributed by atoms with van der Waals surface area (Å²) in [6.07, 6.45) is 1.22. The van der Waals surface area contributed by atoms with Crippen LogP contribution in [0.2, 0.25) is 0 Å². The predicted molar refractivity (Wildman–Crippen MR) is 107 cm³/mol. The number of carbonyl (C=O) groups is 1. The zero-order valence-corrected chi connectivity index (χ0v) is 15.2. The first-order valence-electron chi connectivity index (χ1n) is 9.42. The summed E-state index contributed by atoms with van der Waals surface area (Å²) in [5, 5.41) is 3.23. The molecule has 27 heavy (non-hydrogen) atoms. The van der Waals surface area contributed by atoms with Crippen LogP contribution in [0.4, 0.5) is 0 Å². The minimum absolute atomic E-state index is 0.00893. The van der Waals surface area contributed by atoms with E-state index in [0.717, 1.165) is 28.9 Å². The molecule has 0 aliphatic carbocycles. The van der Waals surface area contributed by atoms with E-state index in [1.807, 2.05) is 60.7 Å². The summed E-state index contributed by atoms with van der Waals surface area (Å²) >= 11 is 0. The van der Waals surface area contributed by atoms with Crippen LogP contribution >= 0.6 is 0 Å². The van der Waals surface area contributed by atoms with Gasteiger partial charge < -0.3 is 10.1 Å². The number of benzene rings is 3. The lowest BCUT2D eigenvalue weighted by Crippen LogP contribution is -2.33. The van der Waals surface area contributed by atoms with Gasteiger partial charge in [-0.05, 0) is 17.2 Å². The Morgan fingerprint density at radius 1 is 0.889 bits per heavy atom. The van der Waals surface area contributed by atoms with Crippen molar-refractivity contribution in [1.29, 1.82) is 0 Å². The molecule has 1 heterocycles. The molecule has 4 rings (SSSR count). The Kier molecular flexibility index (Phi) is 5.20. The number of rotatable bonds is 5. The maximum atomic E-state index is 12.9. The third-order valence-electron chi connectivity index (χ3n) is 5.09. The van der Waals surface area contributed by atoms with Gasteiger partial charge in [0.15, 0.2) is 0 Å². The normalized spacial score (nSPS) is 15.7. The van der Waals surface area contributed by atoms with E-state index >= 15 is 0 Å². The summed E-state index contributed by atoms with van der Waals surface area (Å²) in [4.78, 5) is 12.9. The first kappa shape index (κ1) is 17.3. The number of fused-ring (bicyclic) bond motifs is 1.